The second kappa shape index (κ2) is 5.01. The first-order valence-corrected chi connectivity index (χ1v) is 6.41. The Labute approximate surface area is 115 Å². The molecule has 2 rings (SSSR count). The van der Waals surface area contributed by atoms with E-state index in [0.29, 0.717) is 11.4 Å². The number of amides is 1. The highest BCUT2D eigenvalue weighted by molar-refractivity contribution is 9.11. The highest BCUT2D eigenvalue weighted by Gasteiger charge is 2.12. The van der Waals surface area contributed by atoms with Crippen LogP contribution in [0.25, 0.3) is 0 Å². The zero-order valence-corrected chi connectivity index (χ0v) is 12.1. The summed E-state index contributed by atoms with van der Waals surface area (Å²) in [4.78, 5) is 12.0. The van der Waals surface area contributed by atoms with E-state index in [4.69, 9.17) is 0 Å². The van der Waals surface area contributed by atoms with Crippen molar-refractivity contribution in [3.8, 4) is 0 Å². The molecule has 88 valence electrons. The zero-order chi connectivity index (χ0) is 12.4. The van der Waals surface area contributed by atoms with E-state index in [9.17, 15) is 4.79 Å². The average Bonchev–Trinajstić information content (AvgIpc) is 2.68. The van der Waals surface area contributed by atoms with Crippen LogP contribution in [0.3, 0.4) is 0 Å². The van der Waals surface area contributed by atoms with Crippen molar-refractivity contribution in [2.45, 2.75) is 0 Å². The van der Waals surface area contributed by atoms with Gasteiger partial charge in [0.05, 0.1) is 11.8 Å². The van der Waals surface area contributed by atoms with Gasteiger partial charge in [0.25, 0.3) is 5.91 Å². The maximum absolute atomic E-state index is 12.0. The molecule has 1 N–H and O–H groups in total. The lowest BCUT2D eigenvalue weighted by Gasteiger charge is -2.07. The Bertz CT molecular complexity index is 566. The van der Waals surface area contributed by atoms with Crippen LogP contribution in [0.5, 0.6) is 0 Å². The van der Waals surface area contributed by atoms with Crippen molar-refractivity contribution >= 4 is 43.6 Å². The third-order valence-electron chi connectivity index (χ3n) is 2.24. The fourth-order valence-corrected chi connectivity index (χ4v) is 2.14. The van der Waals surface area contributed by atoms with E-state index in [-0.39, 0.29) is 5.91 Å². The fourth-order valence-electron chi connectivity index (χ4n) is 1.35. The van der Waals surface area contributed by atoms with Crippen LogP contribution >= 0.6 is 31.9 Å². The quantitative estimate of drug-likeness (QED) is 0.896. The number of carbonyl (C=O) groups excluding carboxylic acids is 1. The number of carbonyl (C=O) groups is 1. The van der Waals surface area contributed by atoms with Gasteiger partial charge in [-0.3, -0.25) is 9.48 Å². The highest BCUT2D eigenvalue weighted by atomic mass is 79.9. The predicted molar refractivity (Wildman–Crippen MR) is 73.0 cm³/mol. The Balaban J connectivity index is 2.26. The van der Waals surface area contributed by atoms with E-state index in [1.807, 2.05) is 12.1 Å². The van der Waals surface area contributed by atoms with Gasteiger partial charge in [0, 0.05) is 22.1 Å². The Morgan fingerprint density at radius 3 is 2.76 bits per heavy atom. The molecule has 4 nitrogen and oxygen atoms in total. The fraction of sp³-hybridized carbons (Fsp3) is 0.0909. The molecule has 0 spiro atoms. The van der Waals surface area contributed by atoms with Gasteiger partial charge in [0.1, 0.15) is 5.82 Å². The molecule has 17 heavy (non-hydrogen) atoms. The molecule has 0 saturated heterocycles. The smallest absolute Gasteiger partial charge is 0.257 e. The van der Waals surface area contributed by atoms with E-state index in [0.717, 1.165) is 8.95 Å². The molecule has 0 aliphatic rings. The summed E-state index contributed by atoms with van der Waals surface area (Å²) in [5, 5.41) is 6.77. The van der Waals surface area contributed by atoms with Crippen molar-refractivity contribution in [2.24, 2.45) is 7.05 Å². The summed E-state index contributed by atoms with van der Waals surface area (Å²) in [5.41, 5.74) is 0.570. The Kier molecular flexibility index (Phi) is 3.63. The van der Waals surface area contributed by atoms with E-state index < -0.39 is 0 Å². The predicted octanol–water partition coefficient (Wildman–Crippen LogP) is 3.20. The van der Waals surface area contributed by atoms with Gasteiger partial charge in [-0.15, -0.1) is 0 Å². The van der Waals surface area contributed by atoms with Gasteiger partial charge in [-0.25, -0.2) is 0 Å². The number of nitrogens with zero attached hydrogens (tertiary/aromatic N) is 2. The molecule has 1 heterocycles. The number of benzene rings is 1. The zero-order valence-electron chi connectivity index (χ0n) is 8.95. The molecule has 6 heteroatoms. The lowest BCUT2D eigenvalue weighted by molar-refractivity contribution is 0.102. The summed E-state index contributed by atoms with van der Waals surface area (Å²) < 4.78 is 3.21. The number of nitrogens with one attached hydrogen (secondary N) is 1. The Hall–Kier alpha value is -1.14. The number of hydrogen-bond acceptors (Lipinski definition) is 2. The molecule has 0 saturated carbocycles. The van der Waals surface area contributed by atoms with Crippen LogP contribution in [0.4, 0.5) is 5.82 Å². The van der Waals surface area contributed by atoms with Gasteiger partial charge in [-0.1, -0.05) is 15.9 Å². The molecule has 0 atom stereocenters. The summed E-state index contributed by atoms with van der Waals surface area (Å²) >= 11 is 6.69. The van der Waals surface area contributed by atoms with Crippen LogP contribution in [-0.2, 0) is 7.05 Å². The largest absolute Gasteiger partial charge is 0.307 e. The monoisotopic (exact) mass is 357 g/mol. The van der Waals surface area contributed by atoms with E-state index in [2.05, 4.69) is 42.3 Å². The molecule has 2 aromatic rings. The second-order valence-electron chi connectivity index (χ2n) is 3.42. The maximum Gasteiger partial charge on any atom is 0.257 e. The van der Waals surface area contributed by atoms with Crippen molar-refractivity contribution in [2.75, 3.05) is 5.32 Å². The molecule has 0 unspecified atom stereocenters. The molecule has 1 aromatic carbocycles. The summed E-state index contributed by atoms with van der Waals surface area (Å²) in [7, 11) is 1.77. The summed E-state index contributed by atoms with van der Waals surface area (Å²) in [6.45, 7) is 0. The standard InChI is InChI=1S/C11H9Br2N3O/c1-16-10(4-5-14-16)15-11(17)8-6-7(12)2-3-9(8)13/h2-6H,1H3,(H,15,17). The topological polar surface area (TPSA) is 46.9 Å². The molecule has 0 aliphatic heterocycles. The van der Waals surface area contributed by atoms with Gasteiger partial charge in [-0.05, 0) is 34.1 Å². The van der Waals surface area contributed by atoms with Crippen molar-refractivity contribution in [3.05, 3.63) is 45.0 Å². The molecule has 0 aliphatic carbocycles. The first-order valence-electron chi connectivity index (χ1n) is 4.82. The summed E-state index contributed by atoms with van der Waals surface area (Å²) in [5.74, 6) is 0.476. The molecular weight excluding hydrogens is 350 g/mol. The van der Waals surface area contributed by atoms with Crippen molar-refractivity contribution in [3.63, 3.8) is 0 Å². The minimum Gasteiger partial charge on any atom is -0.307 e. The normalized spacial score (nSPS) is 10.3. The molecule has 0 radical (unpaired) electrons. The van der Waals surface area contributed by atoms with Crippen LogP contribution < -0.4 is 5.32 Å². The van der Waals surface area contributed by atoms with Gasteiger partial charge in [-0.2, -0.15) is 5.10 Å². The lowest BCUT2D eigenvalue weighted by atomic mass is 10.2. The number of aromatic nitrogens is 2. The number of aryl methyl sites for hydroxylation is 1. The second-order valence-corrected chi connectivity index (χ2v) is 5.19. The average molecular weight is 359 g/mol. The minimum atomic E-state index is -0.179. The summed E-state index contributed by atoms with van der Waals surface area (Å²) in [6.07, 6.45) is 1.63. The number of halogens is 2. The number of anilines is 1. The Morgan fingerprint density at radius 1 is 1.35 bits per heavy atom. The van der Waals surface area contributed by atoms with Gasteiger partial charge in [0.15, 0.2) is 0 Å². The first-order chi connectivity index (χ1) is 8.08. The third-order valence-corrected chi connectivity index (χ3v) is 3.42. The lowest BCUT2D eigenvalue weighted by Crippen LogP contribution is -2.15. The summed E-state index contributed by atoms with van der Waals surface area (Å²) in [6, 6.07) is 7.19. The van der Waals surface area contributed by atoms with Crippen LogP contribution in [0.15, 0.2) is 39.4 Å². The van der Waals surface area contributed by atoms with E-state index >= 15 is 0 Å². The Morgan fingerprint density at radius 2 is 2.12 bits per heavy atom. The van der Waals surface area contributed by atoms with Crippen molar-refractivity contribution in [1.82, 2.24) is 9.78 Å². The van der Waals surface area contributed by atoms with Crippen LogP contribution in [0.2, 0.25) is 0 Å². The molecule has 0 bridgehead atoms. The first kappa shape index (κ1) is 12.3. The van der Waals surface area contributed by atoms with Crippen molar-refractivity contribution < 1.29 is 4.79 Å². The molecule has 1 aromatic heterocycles. The van der Waals surface area contributed by atoms with Gasteiger partial charge >= 0.3 is 0 Å². The minimum absolute atomic E-state index is 0.179. The maximum atomic E-state index is 12.0. The molecular formula is C11H9Br2N3O. The number of rotatable bonds is 2. The van der Waals surface area contributed by atoms with Gasteiger partial charge in [0.2, 0.25) is 0 Å². The molecule has 0 fully saturated rings. The van der Waals surface area contributed by atoms with E-state index in [1.54, 1.807) is 30.1 Å². The highest BCUT2D eigenvalue weighted by Crippen LogP contribution is 2.22. The number of hydrogen-bond donors (Lipinski definition) is 1. The van der Waals surface area contributed by atoms with Gasteiger partial charge < -0.3 is 5.32 Å². The SMILES string of the molecule is Cn1nccc1NC(=O)c1cc(Br)ccc1Br. The van der Waals surface area contributed by atoms with Crippen LogP contribution in [-0.4, -0.2) is 15.7 Å². The van der Waals surface area contributed by atoms with Crippen LogP contribution in [0.1, 0.15) is 10.4 Å². The van der Waals surface area contributed by atoms with E-state index in [1.165, 1.54) is 0 Å². The third kappa shape index (κ3) is 2.76. The molecule has 1 amide bonds. The van der Waals surface area contributed by atoms with Crippen molar-refractivity contribution in [1.29, 1.82) is 0 Å². The van der Waals surface area contributed by atoms with Crippen LogP contribution in [0, 0.1) is 0 Å².